The minimum absolute atomic E-state index is 0.207. The lowest BCUT2D eigenvalue weighted by atomic mass is 10.1. The molecule has 0 aliphatic rings. The summed E-state index contributed by atoms with van der Waals surface area (Å²) in [6, 6.07) is 4.56. The summed E-state index contributed by atoms with van der Waals surface area (Å²) in [6.45, 7) is 3.46. The quantitative estimate of drug-likeness (QED) is 0.923. The van der Waals surface area contributed by atoms with Crippen LogP contribution >= 0.6 is 0 Å². The van der Waals surface area contributed by atoms with Crippen LogP contribution in [-0.2, 0) is 6.18 Å². The molecule has 6 heteroatoms. The Morgan fingerprint density at radius 3 is 2.35 bits per heavy atom. The van der Waals surface area contributed by atoms with Crippen LogP contribution in [0.4, 0.5) is 13.2 Å². The number of hydrogen-bond acceptors (Lipinski definition) is 3. The van der Waals surface area contributed by atoms with Crippen LogP contribution in [0.25, 0.3) is 11.5 Å². The van der Waals surface area contributed by atoms with E-state index in [1.807, 2.05) is 0 Å². The third kappa shape index (κ3) is 2.85. The molecule has 20 heavy (non-hydrogen) atoms. The minimum Gasteiger partial charge on any atom is -0.441 e. The highest BCUT2D eigenvalue weighted by Gasteiger charge is 2.30. The van der Waals surface area contributed by atoms with Crippen molar-refractivity contribution >= 4 is 0 Å². The highest BCUT2D eigenvalue weighted by Crippen LogP contribution is 2.32. The van der Waals surface area contributed by atoms with Crippen LogP contribution in [0.15, 0.2) is 28.7 Å². The molecule has 0 radical (unpaired) electrons. The average Bonchev–Trinajstić information content (AvgIpc) is 2.79. The first-order chi connectivity index (χ1) is 9.32. The van der Waals surface area contributed by atoms with Crippen molar-refractivity contribution in [3.05, 3.63) is 41.3 Å². The number of rotatable bonds is 3. The van der Waals surface area contributed by atoms with Gasteiger partial charge >= 0.3 is 6.18 Å². The third-order valence-electron chi connectivity index (χ3n) is 2.99. The lowest BCUT2D eigenvalue weighted by molar-refractivity contribution is -0.137. The van der Waals surface area contributed by atoms with E-state index in [4.69, 9.17) is 4.42 Å². The molecule has 0 spiro atoms. The van der Waals surface area contributed by atoms with Gasteiger partial charge in [0.25, 0.3) is 0 Å². The topological polar surface area (TPSA) is 46.3 Å². The molecule has 0 bridgehead atoms. The van der Waals surface area contributed by atoms with Gasteiger partial charge in [0.05, 0.1) is 11.7 Å². The number of alkyl halides is 3. The van der Waals surface area contributed by atoms with E-state index in [1.165, 1.54) is 12.1 Å². The normalized spacial score (nSPS) is 13.5. The Kier molecular flexibility index (Phi) is 3.85. The maximum atomic E-state index is 12.5. The molecule has 0 saturated heterocycles. The summed E-state index contributed by atoms with van der Waals surface area (Å²) in [5.74, 6) is 0.674. The molecule has 2 aromatic rings. The van der Waals surface area contributed by atoms with Crippen molar-refractivity contribution in [1.82, 2.24) is 4.98 Å². The molecule has 1 unspecified atom stereocenters. The molecule has 0 fully saturated rings. The van der Waals surface area contributed by atoms with Crippen LogP contribution in [0, 0.1) is 6.92 Å². The summed E-state index contributed by atoms with van der Waals surface area (Å²) >= 11 is 0. The fourth-order valence-electron chi connectivity index (χ4n) is 1.84. The van der Waals surface area contributed by atoms with E-state index in [2.05, 4.69) is 4.98 Å². The fraction of sp³-hybridized carbons (Fsp3) is 0.357. The Morgan fingerprint density at radius 1 is 1.25 bits per heavy atom. The fourth-order valence-corrected chi connectivity index (χ4v) is 1.84. The number of oxazole rings is 1. The zero-order chi connectivity index (χ0) is 14.9. The number of aliphatic hydroxyl groups excluding tert-OH is 1. The molecular weight excluding hydrogens is 271 g/mol. The molecule has 1 aromatic heterocycles. The van der Waals surface area contributed by atoms with Crippen LogP contribution < -0.4 is 0 Å². The molecule has 0 saturated carbocycles. The van der Waals surface area contributed by atoms with E-state index in [-0.39, 0.29) is 5.89 Å². The molecule has 2 rings (SSSR count). The molecule has 108 valence electrons. The van der Waals surface area contributed by atoms with E-state index in [9.17, 15) is 18.3 Å². The van der Waals surface area contributed by atoms with Crippen LogP contribution in [0.3, 0.4) is 0 Å². The zero-order valence-corrected chi connectivity index (χ0v) is 11.0. The standard InChI is InChI=1S/C14H14F3NO2/c1-3-11(19)12-8(2)20-13(18-12)9-4-6-10(7-5-9)14(15,16)17/h4-7,11,19H,3H2,1-2H3. The van der Waals surface area contributed by atoms with Crippen molar-refractivity contribution in [2.24, 2.45) is 0 Å². The molecule has 1 aromatic carbocycles. The second-order valence-corrected chi connectivity index (χ2v) is 4.46. The Labute approximate surface area is 114 Å². The molecule has 1 N–H and O–H groups in total. The van der Waals surface area contributed by atoms with Crippen LogP contribution in [0.5, 0.6) is 0 Å². The second kappa shape index (κ2) is 5.28. The summed E-state index contributed by atoms with van der Waals surface area (Å²) in [4.78, 5) is 4.14. The molecule has 0 amide bonds. The largest absolute Gasteiger partial charge is 0.441 e. The smallest absolute Gasteiger partial charge is 0.416 e. The van der Waals surface area contributed by atoms with Crippen molar-refractivity contribution in [3.8, 4) is 11.5 Å². The van der Waals surface area contributed by atoms with Gasteiger partial charge in [-0.15, -0.1) is 0 Å². The number of aliphatic hydroxyl groups is 1. The first-order valence-corrected chi connectivity index (χ1v) is 6.16. The van der Waals surface area contributed by atoms with Gasteiger partial charge in [0, 0.05) is 5.56 Å². The van der Waals surface area contributed by atoms with E-state index in [0.29, 0.717) is 23.4 Å². The van der Waals surface area contributed by atoms with Crippen molar-refractivity contribution in [3.63, 3.8) is 0 Å². The SMILES string of the molecule is CCC(O)c1nc(-c2ccc(C(F)(F)F)cc2)oc1C. The molecule has 3 nitrogen and oxygen atoms in total. The first kappa shape index (κ1) is 14.6. The van der Waals surface area contributed by atoms with Gasteiger partial charge in [-0.25, -0.2) is 4.98 Å². The highest BCUT2D eigenvalue weighted by molar-refractivity contribution is 5.54. The highest BCUT2D eigenvalue weighted by atomic mass is 19.4. The molecular formula is C14H14F3NO2. The lowest BCUT2D eigenvalue weighted by Gasteiger charge is -2.06. The Hall–Kier alpha value is -1.82. The summed E-state index contributed by atoms with van der Waals surface area (Å²) in [6.07, 6.45) is -4.61. The summed E-state index contributed by atoms with van der Waals surface area (Å²) in [5.41, 5.74) is 0.136. The molecule has 0 aliphatic heterocycles. The van der Waals surface area contributed by atoms with Gasteiger partial charge in [-0.1, -0.05) is 6.92 Å². The summed E-state index contributed by atoms with van der Waals surface area (Å²) < 4.78 is 42.8. The summed E-state index contributed by atoms with van der Waals surface area (Å²) in [5, 5.41) is 9.75. The molecule has 0 aliphatic carbocycles. The van der Waals surface area contributed by atoms with E-state index in [1.54, 1.807) is 13.8 Å². The number of benzene rings is 1. The van der Waals surface area contributed by atoms with Gasteiger partial charge in [0.2, 0.25) is 5.89 Å². The maximum absolute atomic E-state index is 12.5. The van der Waals surface area contributed by atoms with Gasteiger partial charge < -0.3 is 9.52 Å². The van der Waals surface area contributed by atoms with Crippen LogP contribution in [0.2, 0.25) is 0 Å². The van der Waals surface area contributed by atoms with Crippen molar-refractivity contribution in [2.75, 3.05) is 0 Å². The number of halogens is 3. The van der Waals surface area contributed by atoms with Crippen LogP contribution in [0.1, 0.15) is 36.5 Å². The minimum atomic E-state index is -4.37. The lowest BCUT2D eigenvalue weighted by Crippen LogP contribution is -2.04. The number of hydrogen-bond donors (Lipinski definition) is 1. The predicted molar refractivity (Wildman–Crippen MR) is 66.9 cm³/mol. The third-order valence-corrected chi connectivity index (χ3v) is 2.99. The van der Waals surface area contributed by atoms with E-state index < -0.39 is 17.8 Å². The Bertz CT molecular complexity index is 587. The number of nitrogens with zero attached hydrogens (tertiary/aromatic N) is 1. The van der Waals surface area contributed by atoms with Gasteiger partial charge in [0.15, 0.2) is 0 Å². The van der Waals surface area contributed by atoms with Gasteiger partial charge in [0.1, 0.15) is 11.5 Å². The zero-order valence-electron chi connectivity index (χ0n) is 11.0. The number of aromatic nitrogens is 1. The van der Waals surface area contributed by atoms with Gasteiger partial charge in [-0.2, -0.15) is 13.2 Å². The van der Waals surface area contributed by atoms with Crippen molar-refractivity contribution in [1.29, 1.82) is 0 Å². The Morgan fingerprint density at radius 2 is 1.85 bits per heavy atom. The van der Waals surface area contributed by atoms with Gasteiger partial charge in [-0.3, -0.25) is 0 Å². The van der Waals surface area contributed by atoms with Crippen LogP contribution in [-0.4, -0.2) is 10.1 Å². The maximum Gasteiger partial charge on any atom is 0.416 e. The first-order valence-electron chi connectivity index (χ1n) is 6.16. The molecule has 1 heterocycles. The number of aryl methyl sites for hydroxylation is 1. The van der Waals surface area contributed by atoms with Crippen molar-refractivity contribution < 1.29 is 22.7 Å². The predicted octanol–water partition coefficient (Wildman–Crippen LogP) is 4.11. The van der Waals surface area contributed by atoms with E-state index in [0.717, 1.165) is 12.1 Å². The summed E-state index contributed by atoms with van der Waals surface area (Å²) in [7, 11) is 0. The van der Waals surface area contributed by atoms with E-state index >= 15 is 0 Å². The second-order valence-electron chi connectivity index (χ2n) is 4.46. The molecule has 1 atom stereocenters. The van der Waals surface area contributed by atoms with Crippen molar-refractivity contribution in [2.45, 2.75) is 32.5 Å². The Balaban J connectivity index is 2.33. The monoisotopic (exact) mass is 285 g/mol. The van der Waals surface area contributed by atoms with Gasteiger partial charge in [-0.05, 0) is 37.6 Å². The average molecular weight is 285 g/mol.